The van der Waals surface area contributed by atoms with Gasteiger partial charge in [0.15, 0.2) is 0 Å². The average Bonchev–Trinajstić information content (AvgIpc) is 3.34. The summed E-state index contributed by atoms with van der Waals surface area (Å²) in [6.45, 7) is 4.00. The normalized spacial score (nSPS) is 16.0. The van der Waals surface area contributed by atoms with Gasteiger partial charge in [0.25, 0.3) is 5.89 Å². The highest BCUT2D eigenvalue weighted by Crippen LogP contribution is 2.39. The maximum atomic E-state index is 13.3. The SMILES string of the molecule is CCc1cccc(N2C(=O)NC(c3ccccc3)C(c3nc(-c4ccc(Cl)cc4)no3)=C2C)c1. The van der Waals surface area contributed by atoms with Crippen molar-refractivity contribution in [3.8, 4) is 11.4 Å². The summed E-state index contributed by atoms with van der Waals surface area (Å²) in [5.74, 6) is 0.808. The molecule has 5 rings (SSSR count). The van der Waals surface area contributed by atoms with Gasteiger partial charge in [0.05, 0.1) is 17.3 Å². The molecule has 0 aliphatic carbocycles. The van der Waals surface area contributed by atoms with Crippen LogP contribution in [0.4, 0.5) is 10.5 Å². The van der Waals surface area contributed by atoms with Gasteiger partial charge in [0, 0.05) is 16.3 Å². The van der Waals surface area contributed by atoms with E-state index in [1.807, 2.05) is 67.6 Å². The Kier molecular flexibility index (Phi) is 5.90. The molecule has 2 heterocycles. The molecule has 1 N–H and O–H groups in total. The number of halogens is 1. The number of aryl methyl sites for hydroxylation is 1. The number of urea groups is 1. The maximum Gasteiger partial charge on any atom is 0.326 e. The number of amides is 2. The Morgan fingerprint density at radius 1 is 1.03 bits per heavy atom. The second-order valence-corrected chi connectivity index (χ2v) is 8.52. The van der Waals surface area contributed by atoms with Crippen molar-refractivity contribution in [3.05, 3.63) is 107 Å². The van der Waals surface area contributed by atoms with E-state index in [0.29, 0.717) is 16.7 Å². The number of hydrogen-bond acceptors (Lipinski definition) is 4. The van der Waals surface area contributed by atoms with Gasteiger partial charge in [-0.3, -0.25) is 4.90 Å². The second-order valence-electron chi connectivity index (χ2n) is 8.08. The van der Waals surface area contributed by atoms with E-state index in [2.05, 4.69) is 23.5 Å². The number of nitrogens with zero attached hydrogens (tertiary/aromatic N) is 3. The van der Waals surface area contributed by atoms with Crippen molar-refractivity contribution in [1.29, 1.82) is 0 Å². The number of rotatable bonds is 5. The van der Waals surface area contributed by atoms with E-state index >= 15 is 0 Å². The van der Waals surface area contributed by atoms with Gasteiger partial charge in [-0.25, -0.2) is 4.79 Å². The molecular formula is C27H23ClN4O2. The zero-order valence-electron chi connectivity index (χ0n) is 18.8. The quantitative estimate of drug-likeness (QED) is 0.354. The Labute approximate surface area is 202 Å². The molecule has 0 spiro atoms. The topological polar surface area (TPSA) is 71.3 Å². The first-order valence-electron chi connectivity index (χ1n) is 11.1. The molecule has 2 amide bonds. The van der Waals surface area contributed by atoms with Crippen LogP contribution < -0.4 is 10.2 Å². The van der Waals surface area contributed by atoms with E-state index in [-0.39, 0.29) is 6.03 Å². The molecule has 34 heavy (non-hydrogen) atoms. The molecule has 0 bridgehead atoms. The molecule has 3 aromatic carbocycles. The van der Waals surface area contributed by atoms with Crippen LogP contribution in [-0.4, -0.2) is 16.2 Å². The van der Waals surface area contributed by atoms with Crippen molar-refractivity contribution in [2.75, 3.05) is 4.90 Å². The number of benzene rings is 3. The molecule has 4 aromatic rings. The number of carbonyl (C=O) groups excluding carboxylic acids is 1. The van der Waals surface area contributed by atoms with E-state index in [1.165, 1.54) is 0 Å². The third-order valence-electron chi connectivity index (χ3n) is 5.95. The van der Waals surface area contributed by atoms with Crippen molar-refractivity contribution in [2.45, 2.75) is 26.3 Å². The van der Waals surface area contributed by atoms with Crippen LogP contribution in [0.2, 0.25) is 5.02 Å². The van der Waals surface area contributed by atoms with Gasteiger partial charge in [-0.2, -0.15) is 4.98 Å². The number of nitrogens with one attached hydrogen (secondary N) is 1. The van der Waals surface area contributed by atoms with Crippen molar-refractivity contribution >= 4 is 28.9 Å². The molecule has 7 heteroatoms. The highest BCUT2D eigenvalue weighted by Gasteiger charge is 2.36. The summed E-state index contributed by atoms with van der Waals surface area (Å²) in [5, 5.41) is 7.98. The predicted molar refractivity (Wildman–Crippen MR) is 133 cm³/mol. The lowest BCUT2D eigenvalue weighted by atomic mass is 9.94. The lowest BCUT2D eigenvalue weighted by Gasteiger charge is -2.35. The summed E-state index contributed by atoms with van der Waals surface area (Å²) >= 11 is 6.02. The molecule has 1 unspecified atom stereocenters. The minimum absolute atomic E-state index is 0.208. The first-order chi connectivity index (χ1) is 16.5. The minimum atomic E-state index is -0.433. The van der Waals surface area contributed by atoms with Crippen LogP contribution in [0, 0.1) is 0 Å². The van der Waals surface area contributed by atoms with Crippen LogP contribution in [0.3, 0.4) is 0 Å². The molecule has 1 aromatic heterocycles. The molecule has 1 atom stereocenters. The zero-order valence-corrected chi connectivity index (χ0v) is 19.6. The van der Waals surface area contributed by atoms with Crippen LogP contribution in [-0.2, 0) is 6.42 Å². The van der Waals surface area contributed by atoms with E-state index in [1.54, 1.807) is 17.0 Å². The summed E-state index contributed by atoms with van der Waals surface area (Å²) in [5.41, 5.74) is 5.14. The third kappa shape index (κ3) is 4.08. The largest absolute Gasteiger partial charge is 0.334 e. The van der Waals surface area contributed by atoms with E-state index < -0.39 is 6.04 Å². The van der Waals surface area contributed by atoms with E-state index in [9.17, 15) is 4.79 Å². The summed E-state index contributed by atoms with van der Waals surface area (Å²) in [7, 11) is 0. The summed E-state index contributed by atoms with van der Waals surface area (Å²) in [6.07, 6.45) is 0.875. The van der Waals surface area contributed by atoms with Crippen molar-refractivity contribution in [3.63, 3.8) is 0 Å². The van der Waals surface area contributed by atoms with Crippen molar-refractivity contribution in [1.82, 2.24) is 15.5 Å². The number of allylic oxidation sites excluding steroid dienone is 1. The van der Waals surface area contributed by atoms with Crippen LogP contribution in [0.25, 0.3) is 17.0 Å². The minimum Gasteiger partial charge on any atom is -0.334 e. The molecule has 6 nitrogen and oxygen atoms in total. The molecule has 0 saturated carbocycles. The molecule has 0 saturated heterocycles. The molecule has 1 aliphatic heterocycles. The molecule has 0 radical (unpaired) electrons. The van der Waals surface area contributed by atoms with Crippen LogP contribution in [0.1, 0.15) is 36.9 Å². The summed E-state index contributed by atoms with van der Waals surface area (Å²) < 4.78 is 5.75. The fourth-order valence-electron chi connectivity index (χ4n) is 4.19. The highest BCUT2D eigenvalue weighted by atomic mass is 35.5. The Morgan fingerprint density at radius 2 is 1.79 bits per heavy atom. The Hall–Kier alpha value is -3.90. The van der Waals surface area contributed by atoms with Gasteiger partial charge in [-0.15, -0.1) is 0 Å². The third-order valence-corrected chi connectivity index (χ3v) is 6.21. The average molecular weight is 471 g/mol. The van der Waals surface area contributed by atoms with Gasteiger partial charge in [-0.1, -0.05) is 66.1 Å². The fourth-order valence-corrected chi connectivity index (χ4v) is 4.32. The van der Waals surface area contributed by atoms with Crippen LogP contribution in [0.5, 0.6) is 0 Å². The Balaban J connectivity index is 1.65. The standard InChI is InChI=1S/C27H23ClN4O2/c1-3-18-8-7-11-22(16-18)32-17(2)23(24(29-27(32)33)19-9-5-4-6-10-19)26-30-25(31-34-26)20-12-14-21(28)15-13-20/h4-16,24H,3H2,1-2H3,(H,29,33). The van der Waals surface area contributed by atoms with Gasteiger partial charge in [0.1, 0.15) is 0 Å². The zero-order chi connectivity index (χ0) is 23.7. The van der Waals surface area contributed by atoms with Gasteiger partial charge in [-0.05, 0) is 60.9 Å². The number of carbonyl (C=O) groups is 1. The maximum absolute atomic E-state index is 13.3. The predicted octanol–water partition coefficient (Wildman–Crippen LogP) is 6.65. The van der Waals surface area contributed by atoms with Gasteiger partial charge >= 0.3 is 6.03 Å². The van der Waals surface area contributed by atoms with Gasteiger partial charge in [0.2, 0.25) is 5.82 Å². The number of hydrogen-bond donors (Lipinski definition) is 1. The van der Waals surface area contributed by atoms with Gasteiger partial charge < -0.3 is 9.84 Å². The van der Waals surface area contributed by atoms with Crippen molar-refractivity contribution in [2.24, 2.45) is 0 Å². The fraction of sp³-hybridized carbons (Fsp3) is 0.148. The highest BCUT2D eigenvalue weighted by molar-refractivity contribution is 6.30. The molecule has 0 fully saturated rings. The van der Waals surface area contributed by atoms with Crippen LogP contribution >= 0.6 is 11.6 Å². The lowest BCUT2D eigenvalue weighted by Crippen LogP contribution is -2.46. The van der Waals surface area contributed by atoms with E-state index in [0.717, 1.165) is 40.1 Å². The molecular weight excluding hydrogens is 448 g/mol. The molecule has 170 valence electrons. The second kappa shape index (κ2) is 9.15. The first kappa shape index (κ1) is 21.9. The van der Waals surface area contributed by atoms with E-state index in [4.69, 9.17) is 21.1 Å². The summed E-state index contributed by atoms with van der Waals surface area (Å²) in [6, 6.07) is 24.4. The Morgan fingerprint density at radius 3 is 2.53 bits per heavy atom. The number of aromatic nitrogens is 2. The lowest BCUT2D eigenvalue weighted by molar-refractivity contribution is 0.244. The monoisotopic (exact) mass is 470 g/mol. The molecule has 1 aliphatic rings. The van der Waals surface area contributed by atoms with Crippen molar-refractivity contribution < 1.29 is 9.32 Å². The first-order valence-corrected chi connectivity index (χ1v) is 11.5. The van der Waals surface area contributed by atoms with Crippen LogP contribution in [0.15, 0.2) is 89.1 Å². The number of anilines is 1. The smallest absolute Gasteiger partial charge is 0.326 e. The Bertz CT molecular complexity index is 1360. The summed E-state index contributed by atoms with van der Waals surface area (Å²) in [4.78, 5) is 19.7.